The molecule has 0 spiro atoms. The fourth-order valence-corrected chi connectivity index (χ4v) is 4.62. The first-order valence-electron chi connectivity index (χ1n) is 10.6. The van der Waals surface area contributed by atoms with Crippen LogP contribution in [0.2, 0.25) is 0 Å². The minimum Gasteiger partial charge on any atom is -0.345 e. The third-order valence-corrected chi connectivity index (χ3v) is 6.13. The number of fused-ring (bicyclic) bond motifs is 1. The molecule has 2 amide bonds. The highest BCUT2D eigenvalue weighted by Gasteiger charge is 2.23. The third kappa shape index (κ3) is 3.85. The molecule has 31 heavy (non-hydrogen) atoms. The summed E-state index contributed by atoms with van der Waals surface area (Å²) in [6.45, 7) is 3.96. The van der Waals surface area contributed by atoms with Gasteiger partial charge in [0.25, 0.3) is 17.4 Å². The van der Waals surface area contributed by atoms with Crippen molar-refractivity contribution in [3.8, 4) is 0 Å². The van der Waals surface area contributed by atoms with E-state index in [1.807, 2.05) is 19.9 Å². The van der Waals surface area contributed by atoms with E-state index < -0.39 is 5.91 Å². The highest BCUT2D eigenvalue weighted by Crippen LogP contribution is 2.32. The van der Waals surface area contributed by atoms with Crippen LogP contribution in [-0.2, 0) is 7.05 Å². The Morgan fingerprint density at radius 1 is 1.00 bits per heavy atom. The van der Waals surface area contributed by atoms with E-state index >= 15 is 0 Å². The number of aromatic nitrogens is 3. The summed E-state index contributed by atoms with van der Waals surface area (Å²) in [6.07, 6.45) is 5.93. The van der Waals surface area contributed by atoms with Crippen molar-refractivity contribution in [3.05, 3.63) is 63.3 Å². The quantitative estimate of drug-likeness (QED) is 0.636. The average Bonchev–Trinajstić information content (AvgIpc) is 3.08. The molecule has 1 aromatic carbocycles. The maximum absolute atomic E-state index is 12.8. The molecule has 2 N–H and O–H groups in total. The zero-order valence-corrected chi connectivity index (χ0v) is 18.1. The molecule has 0 unspecified atom stereocenters. The molecular formula is C23H27N5O3. The summed E-state index contributed by atoms with van der Waals surface area (Å²) in [5.74, 6) is -0.959. The van der Waals surface area contributed by atoms with E-state index in [4.69, 9.17) is 0 Å². The number of hydrazine groups is 1. The third-order valence-electron chi connectivity index (χ3n) is 6.13. The minimum absolute atomic E-state index is 0.0747. The number of rotatable bonds is 3. The molecule has 0 bridgehead atoms. The lowest BCUT2D eigenvalue weighted by Crippen LogP contribution is -2.42. The average molecular weight is 422 g/mol. The lowest BCUT2D eigenvalue weighted by molar-refractivity contribution is 0.0843. The monoisotopic (exact) mass is 421 g/mol. The Labute approximate surface area is 180 Å². The molecule has 162 valence electrons. The molecule has 4 rings (SSSR count). The van der Waals surface area contributed by atoms with E-state index in [2.05, 4.69) is 20.5 Å². The van der Waals surface area contributed by atoms with Crippen LogP contribution in [0.4, 0.5) is 0 Å². The van der Waals surface area contributed by atoms with Crippen LogP contribution in [0.15, 0.2) is 35.1 Å². The molecule has 8 nitrogen and oxygen atoms in total. The van der Waals surface area contributed by atoms with Gasteiger partial charge in [0.15, 0.2) is 5.69 Å². The Bertz CT molecular complexity index is 1220. The molecule has 1 fully saturated rings. The van der Waals surface area contributed by atoms with Crippen molar-refractivity contribution < 1.29 is 9.59 Å². The van der Waals surface area contributed by atoms with Crippen LogP contribution in [-0.4, -0.2) is 26.2 Å². The van der Waals surface area contributed by atoms with Gasteiger partial charge in [-0.15, -0.1) is 0 Å². The van der Waals surface area contributed by atoms with Gasteiger partial charge in [0.1, 0.15) is 0 Å². The van der Waals surface area contributed by atoms with Gasteiger partial charge < -0.3 is 4.57 Å². The molecule has 2 aromatic heterocycles. The van der Waals surface area contributed by atoms with Gasteiger partial charge in [-0.3, -0.25) is 25.2 Å². The number of carbonyl (C=O) groups is 2. The first-order valence-corrected chi connectivity index (χ1v) is 10.6. The van der Waals surface area contributed by atoms with E-state index in [1.165, 1.54) is 26.3 Å². The minimum atomic E-state index is -0.582. The number of hydrogen-bond acceptors (Lipinski definition) is 4. The summed E-state index contributed by atoms with van der Waals surface area (Å²) in [7, 11) is 1.49. The number of amides is 2. The van der Waals surface area contributed by atoms with Crippen LogP contribution in [0.3, 0.4) is 0 Å². The summed E-state index contributed by atoms with van der Waals surface area (Å²) in [5.41, 5.74) is 7.23. The second-order valence-electron chi connectivity index (χ2n) is 8.18. The van der Waals surface area contributed by atoms with E-state index in [0.29, 0.717) is 22.4 Å². The van der Waals surface area contributed by atoms with Crippen molar-refractivity contribution in [2.75, 3.05) is 0 Å². The van der Waals surface area contributed by atoms with Gasteiger partial charge in [0, 0.05) is 29.9 Å². The molecule has 1 aliphatic rings. The van der Waals surface area contributed by atoms with Crippen molar-refractivity contribution in [1.29, 1.82) is 0 Å². The Balaban J connectivity index is 1.54. The van der Waals surface area contributed by atoms with Crippen LogP contribution in [0.1, 0.15) is 70.4 Å². The summed E-state index contributed by atoms with van der Waals surface area (Å²) in [6, 6.07) is 9.07. The molecule has 0 radical (unpaired) electrons. The molecule has 3 aromatic rings. The molecule has 1 saturated carbocycles. The largest absolute Gasteiger partial charge is 0.345 e. The number of aryl methyl sites for hydroxylation is 2. The lowest BCUT2D eigenvalue weighted by Gasteiger charge is -2.26. The van der Waals surface area contributed by atoms with Gasteiger partial charge in [0.05, 0.1) is 10.9 Å². The van der Waals surface area contributed by atoms with E-state index in [0.717, 1.165) is 28.9 Å². The number of nitrogens with one attached hydrogen (secondary N) is 2. The van der Waals surface area contributed by atoms with E-state index in [-0.39, 0.29) is 17.2 Å². The molecule has 0 saturated heterocycles. The first kappa shape index (κ1) is 20.8. The van der Waals surface area contributed by atoms with E-state index in [1.54, 1.807) is 24.3 Å². The standard InChI is InChI=1S/C23H27N5O3/c1-14-13-19(15(2)28(14)16-9-5-4-6-10-16)21(29)24-25-22(30)20-17-11-7-8-12-18(17)23(31)27(3)26-20/h7-8,11-13,16H,4-6,9-10H2,1-3H3,(H,24,29)(H,25,30). The molecule has 1 aliphatic carbocycles. The highest BCUT2D eigenvalue weighted by molar-refractivity contribution is 6.06. The molecule has 0 aliphatic heterocycles. The van der Waals surface area contributed by atoms with Crippen molar-refractivity contribution in [2.45, 2.75) is 52.0 Å². The lowest BCUT2D eigenvalue weighted by atomic mass is 9.95. The molecular weight excluding hydrogens is 394 g/mol. The summed E-state index contributed by atoms with van der Waals surface area (Å²) in [4.78, 5) is 37.8. The highest BCUT2D eigenvalue weighted by atomic mass is 16.2. The second-order valence-corrected chi connectivity index (χ2v) is 8.18. The number of carbonyl (C=O) groups excluding carboxylic acids is 2. The number of nitrogens with zero attached hydrogens (tertiary/aromatic N) is 3. The molecule has 8 heteroatoms. The van der Waals surface area contributed by atoms with Crippen LogP contribution in [0, 0.1) is 13.8 Å². The Kier molecular flexibility index (Phi) is 5.63. The first-order chi connectivity index (χ1) is 14.9. The van der Waals surface area contributed by atoms with Gasteiger partial charge in [0.2, 0.25) is 0 Å². The summed E-state index contributed by atoms with van der Waals surface area (Å²) in [5, 5.41) is 4.92. The van der Waals surface area contributed by atoms with Gasteiger partial charge in [-0.2, -0.15) is 5.10 Å². The van der Waals surface area contributed by atoms with Crippen LogP contribution < -0.4 is 16.4 Å². The van der Waals surface area contributed by atoms with Gasteiger partial charge in [-0.25, -0.2) is 4.68 Å². The smallest absolute Gasteiger partial charge is 0.290 e. The second kappa shape index (κ2) is 8.37. The molecule has 2 heterocycles. The Hall–Kier alpha value is -3.42. The van der Waals surface area contributed by atoms with Crippen molar-refractivity contribution in [2.24, 2.45) is 7.05 Å². The number of hydrogen-bond donors (Lipinski definition) is 2. The zero-order chi connectivity index (χ0) is 22.1. The van der Waals surface area contributed by atoms with Gasteiger partial charge >= 0.3 is 0 Å². The SMILES string of the molecule is Cc1cc(C(=O)NNC(=O)c2nn(C)c(=O)c3ccccc23)c(C)n1C1CCCCC1. The van der Waals surface area contributed by atoms with Crippen molar-refractivity contribution in [1.82, 2.24) is 25.2 Å². The predicted octanol–water partition coefficient (Wildman–Crippen LogP) is 2.93. The van der Waals surface area contributed by atoms with Crippen molar-refractivity contribution in [3.63, 3.8) is 0 Å². The van der Waals surface area contributed by atoms with Gasteiger partial charge in [-0.1, -0.05) is 37.5 Å². The number of benzene rings is 1. The molecule has 0 atom stereocenters. The topological polar surface area (TPSA) is 98.0 Å². The zero-order valence-electron chi connectivity index (χ0n) is 18.1. The van der Waals surface area contributed by atoms with Crippen LogP contribution in [0.25, 0.3) is 10.8 Å². The normalized spacial score (nSPS) is 14.5. The maximum atomic E-state index is 12.8. The Morgan fingerprint density at radius 3 is 2.35 bits per heavy atom. The summed E-state index contributed by atoms with van der Waals surface area (Å²) < 4.78 is 3.37. The maximum Gasteiger partial charge on any atom is 0.290 e. The summed E-state index contributed by atoms with van der Waals surface area (Å²) >= 11 is 0. The predicted molar refractivity (Wildman–Crippen MR) is 118 cm³/mol. The van der Waals surface area contributed by atoms with Crippen LogP contribution in [0.5, 0.6) is 0 Å². The fraction of sp³-hybridized carbons (Fsp3) is 0.391. The fourth-order valence-electron chi connectivity index (χ4n) is 4.62. The Morgan fingerprint density at radius 2 is 1.65 bits per heavy atom. The van der Waals surface area contributed by atoms with Crippen LogP contribution >= 0.6 is 0 Å². The van der Waals surface area contributed by atoms with Crippen molar-refractivity contribution >= 4 is 22.6 Å². The van der Waals surface area contributed by atoms with Gasteiger partial charge in [-0.05, 0) is 38.8 Å². The van der Waals surface area contributed by atoms with E-state index in [9.17, 15) is 14.4 Å².